The smallest absolute Gasteiger partial charge is 0.239 e. The molecule has 1 heterocycles. The average Bonchev–Trinajstić information content (AvgIpc) is 2.99. The molecule has 1 aromatic rings. The van der Waals surface area contributed by atoms with Gasteiger partial charge in [0.15, 0.2) is 0 Å². The van der Waals surface area contributed by atoms with Crippen LogP contribution in [-0.4, -0.2) is 41.1 Å². The van der Waals surface area contributed by atoms with E-state index in [1.165, 1.54) is 5.56 Å². The summed E-state index contributed by atoms with van der Waals surface area (Å²) in [5.74, 6) is 0.0753. The molecule has 21 heavy (non-hydrogen) atoms. The van der Waals surface area contributed by atoms with Crippen LogP contribution in [0.1, 0.15) is 37.7 Å². The number of benzene rings is 1. The molecule has 0 saturated carbocycles. The van der Waals surface area contributed by atoms with E-state index in [9.17, 15) is 4.79 Å². The zero-order valence-corrected chi connectivity index (χ0v) is 12.6. The van der Waals surface area contributed by atoms with Crippen molar-refractivity contribution < 1.29 is 9.90 Å². The SMILES string of the molecule is N[C@@H](CCc1ccccc1)C(=O)N1CCCC1CCCO. The van der Waals surface area contributed by atoms with Crippen molar-refractivity contribution in [3.05, 3.63) is 35.9 Å². The van der Waals surface area contributed by atoms with Crippen molar-refractivity contribution in [1.29, 1.82) is 0 Å². The fraction of sp³-hybridized carbons (Fsp3) is 0.588. The first kappa shape index (κ1) is 16.0. The summed E-state index contributed by atoms with van der Waals surface area (Å²) >= 11 is 0. The highest BCUT2D eigenvalue weighted by molar-refractivity contribution is 5.82. The Morgan fingerprint density at radius 1 is 1.38 bits per heavy atom. The van der Waals surface area contributed by atoms with E-state index in [1.54, 1.807) is 0 Å². The molecule has 4 nitrogen and oxygen atoms in total. The van der Waals surface area contributed by atoms with Crippen LogP contribution in [0.15, 0.2) is 30.3 Å². The second-order valence-corrected chi connectivity index (χ2v) is 5.82. The first-order valence-electron chi connectivity index (χ1n) is 7.93. The van der Waals surface area contributed by atoms with Crippen LogP contribution in [0.3, 0.4) is 0 Å². The van der Waals surface area contributed by atoms with Crippen LogP contribution in [0.25, 0.3) is 0 Å². The zero-order valence-electron chi connectivity index (χ0n) is 12.6. The number of hydrogen-bond acceptors (Lipinski definition) is 3. The maximum Gasteiger partial charge on any atom is 0.239 e. The number of carbonyl (C=O) groups excluding carboxylic acids is 1. The van der Waals surface area contributed by atoms with Crippen molar-refractivity contribution in [3.63, 3.8) is 0 Å². The Labute approximate surface area is 126 Å². The van der Waals surface area contributed by atoms with Crippen molar-refractivity contribution in [3.8, 4) is 0 Å². The van der Waals surface area contributed by atoms with Gasteiger partial charge in [0, 0.05) is 19.2 Å². The van der Waals surface area contributed by atoms with Crippen LogP contribution in [-0.2, 0) is 11.2 Å². The van der Waals surface area contributed by atoms with Gasteiger partial charge in [0.05, 0.1) is 6.04 Å². The minimum absolute atomic E-state index is 0.0753. The maximum atomic E-state index is 12.5. The number of aryl methyl sites for hydroxylation is 1. The third-order valence-corrected chi connectivity index (χ3v) is 4.26. The Hall–Kier alpha value is -1.39. The van der Waals surface area contributed by atoms with Gasteiger partial charge in [-0.15, -0.1) is 0 Å². The molecule has 116 valence electrons. The third kappa shape index (κ3) is 4.55. The van der Waals surface area contributed by atoms with Gasteiger partial charge >= 0.3 is 0 Å². The molecule has 0 spiro atoms. The van der Waals surface area contributed by atoms with Gasteiger partial charge in [-0.3, -0.25) is 4.79 Å². The van der Waals surface area contributed by atoms with E-state index in [1.807, 2.05) is 23.1 Å². The van der Waals surface area contributed by atoms with Gasteiger partial charge in [-0.1, -0.05) is 30.3 Å². The highest BCUT2D eigenvalue weighted by atomic mass is 16.3. The van der Waals surface area contributed by atoms with Gasteiger partial charge in [-0.2, -0.15) is 0 Å². The van der Waals surface area contributed by atoms with E-state index < -0.39 is 6.04 Å². The van der Waals surface area contributed by atoms with Crippen LogP contribution < -0.4 is 5.73 Å². The Balaban J connectivity index is 1.83. The largest absolute Gasteiger partial charge is 0.396 e. The number of likely N-dealkylation sites (tertiary alicyclic amines) is 1. The molecular formula is C17H26N2O2. The average molecular weight is 290 g/mol. The molecule has 0 aliphatic carbocycles. The molecule has 0 bridgehead atoms. The fourth-order valence-electron chi connectivity index (χ4n) is 3.06. The summed E-state index contributed by atoms with van der Waals surface area (Å²) < 4.78 is 0. The minimum atomic E-state index is -0.417. The van der Waals surface area contributed by atoms with Gasteiger partial charge in [0.1, 0.15) is 0 Å². The standard InChI is InChI=1S/C17H26N2O2/c18-16(11-10-14-6-2-1-3-7-14)17(21)19-12-4-8-15(19)9-5-13-20/h1-3,6-7,15-16,20H,4-5,8-13,18H2/t15?,16-/m0/s1. The lowest BCUT2D eigenvalue weighted by atomic mass is 10.0. The van der Waals surface area contributed by atoms with E-state index in [0.29, 0.717) is 6.42 Å². The molecule has 4 heteroatoms. The lowest BCUT2D eigenvalue weighted by Crippen LogP contribution is -2.46. The molecule has 1 aliphatic heterocycles. The van der Waals surface area contributed by atoms with Crippen molar-refractivity contribution in [1.82, 2.24) is 4.90 Å². The third-order valence-electron chi connectivity index (χ3n) is 4.26. The first-order chi connectivity index (χ1) is 10.2. The highest BCUT2D eigenvalue weighted by Crippen LogP contribution is 2.22. The lowest BCUT2D eigenvalue weighted by molar-refractivity contribution is -0.133. The molecule has 3 N–H and O–H groups in total. The fourth-order valence-corrected chi connectivity index (χ4v) is 3.06. The van der Waals surface area contributed by atoms with Gasteiger partial charge < -0.3 is 15.7 Å². The monoisotopic (exact) mass is 290 g/mol. The van der Waals surface area contributed by atoms with Gasteiger partial charge in [-0.25, -0.2) is 0 Å². The molecular weight excluding hydrogens is 264 g/mol. The molecule has 1 amide bonds. The molecule has 1 aliphatic rings. The summed E-state index contributed by atoms with van der Waals surface area (Å²) in [6.07, 6.45) is 5.25. The molecule has 2 rings (SSSR count). The Kier molecular flexibility index (Phi) is 6.21. The highest BCUT2D eigenvalue weighted by Gasteiger charge is 2.30. The predicted molar refractivity (Wildman–Crippen MR) is 83.8 cm³/mol. The van der Waals surface area contributed by atoms with Crippen molar-refractivity contribution in [2.45, 2.75) is 50.6 Å². The minimum Gasteiger partial charge on any atom is -0.396 e. The number of carbonyl (C=O) groups is 1. The summed E-state index contributed by atoms with van der Waals surface area (Å²) in [5, 5.41) is 8.94. The molecule has 1 fully saturated rings. The Morgan fingerprint density at radius 2 is 2.14 bits per heavy atom. The van der Waals surface area contributed by atoms with E-state index in [-0.39, 0.29) is 18.6 Å². The van der Waals surface area contributed by atoms with Crippen molar-refractivity contribution >= 4 is 5.91 Å². The predicted octanol–water partition coefficient (Wildman–Crippen LogP) is 1.71. The molecule has 0 radical (unpaired) electrons. The Morgan fingerprint density at radius 3 is 2.86 bits per heavy atom. The van der Waals surface area contributed by atoms with E-state index in [0.717, 1.165) is 38.6 Å². The summed E-state index contributed by atoms with van der Waals surface area (Å²) in [7, 11) is 0. The van der Waals surface area contributed by atoms with Gasteiger partial charge in [0.25, 0.3) is 0 Å². The second kappa shape index (κ2) is 8.15. The number of amides is 1. The normalized spacial score (nSPS) is 19.7. The van der Waals surface area contributed by atoms with Gasteiger partial charge in [0.2, 0.25) is 5.91 Å². The van der Waals surface area contributed by atoms with Crippen LogP contribution in [0, 0.1) is 0 Å². The quantitative estimate of drug-likeness (QED) is 0.803. The first-order valence-corrected chi connectivity index (χ1v) is 7.93. The van der Waals surface area contributed by atoms with Crippen molar-refractivity contribution in [2.24, 2.45) is 5.73 Å². The zero-order chi connectivity index (χ0) is 15.1. The number of nitrogens with two attached hydrogens (primary N) is 1. The van der Waals surface area contributed by atoms with E-state index >= 15 is 0 Å². The number of aliphatic hydroxyl groups is 1. The topological polar surface area (TPSA) is 66.6 Å². The maximum absolute atomic E-state index is 12.5. The number of rotatable bonds is 7. The Bertz CT molecular complexity index is 436. The lowest BCUT2D eigenvalue weighted by Gasteiger charge is -2.27. The summed E-state index contributed by atoms with van der Waals surface area (Å²) in [6.45, 7) is 1.01. The van der Waals surface area contributed by atoms with E-state index in [4.69, 9.17) is 10.8 Å². The number of nitrogens with zero attached hydrogens (tertiary/aromatic N) is 1. The molecule has 0 aromatic heterocycles. The van der Waals surface area contributed by atoms with Gasteiger partial charge in [-0.05, 0) is 44.1 Å². The van der Waals surface area contributed by atoms with E-state index in [2.05, 4.69) is 12.1 Å². The summed E-state index contributed by atoms with van der Waals surface area (Å²) in [5.41, 5.74) is 7.32. The molecule has 1 saturated heterocycles. The summed E-state index contributed by atoms with van der Waals surface area (Å²) in [6, 6.07) is 9.99. The summed E-state index contributed by atoms with van der Waals surface area (Å²) in [4.78, 5) is 14.4. The number of hydrogen-bond donors (Lipinski definition) is 2. The molecule has 1 aromatic carbocycles. The van der Waals surface area contributed by atoms with Crippen LogP contribution in [0.5, 0.6) is 0 Å². The second-order valence-electron chi connectivity index (χ2n) is 5.82. The number of aliphatic hydroxyl groups excluding tert-OH is 1. The van der Waals surface area contributed by atoms with Crippen molar-refractivity contribution in [2.75, 3.05) is 13.2 Å². The molecule has 2 atom stereocenters. The molecule has 1 unspecified atom stereocenters. The van der Waals surface area contributed by atoms with Crippen LogP contribution >= 0.6 is 0 Å². The van der Waals surface area contributed by atoms with Crippen LogP contribution in [0.4, 0.5) is 0 Å². The van der Waals surface area contributed by atoms with Crippen LogP contribution in [0.2, 0.25) is 0 Å².